The third kappa shape index (κ3) is 3.46. The Kier molecular flexibility index (Phi) is 4.23. The number of carboxylic acids is 1. The molecule has 0 bridgehead atoms. The minimum Gasteiger partial charge on any atom is -0.481 e. The number of fused-ring (bicyclic) bond motifs is 1. The monoisotopic (exact) mass is 335 g/mol. The summed E-state index contributed by atoms with van der Waals surface area (Å²) in [5, 5.41) is 9.08. The number of hydrogen-bond acceptors (Lipinski definition) is 4. The molecule has 0 aliphatic heterocycles. The molecular weight excluding hydrogens is 318 g/mol. The molecule has 6 nitrogen and oxygen atoms in total. The summed E-state index contributed by atoms with van der Waals surface area (Å²) in [5.74, 6) is -1.30. The maximum Gasteiger partial charge on any atom is 0.307 e. The van der Waals surface area contributed by atoms with Gasteiger partial charge in [0.25, 0.3) is 0 Å². The first-order chi connectivity index (χ1) is 11.0. The van der Waals surface area contributed by atoms with Crippen LogP contribution < -0.4 is 4.72 Å². The maximum absolute atomic E-state index is 12.3. The van der Waals surface area contributed by atoms with Crippen LogP contribution in [0.3, 0.4) is 0 Å². The van der Waals surface area contributed by atoms with E-state index in [9.17, 15) is 13.2 Å². The highest BCUT2D eigenvalue weighted by atomic mass is 32.2. The van der Waals surface area contributed by atoms with Gasteiger partial charge in [0.1, 0.15) is 0 Å². The smallest absolute Gasteiger partial charge is 0.307 e. The minimum atomic E-state index is -3.60. The Bertz CT molecular complexity index is 811. The molecule has 7 heteroatoms. The van der Waals surface area contributed by atoms with E-state index < -0.39 is 21.9 Å². The van der Waals surface area contributed by atoms with Gasteiger partial charge in [0, 0.05) is 6.54 Å². The largest absolute Gasteiger partial charge is 0.481 e. The molecule has 23 heavy (non-hydrogen) atoms. The summed E-state index contributed by atoms with van der Waals surface area (Å²) < 4.78 is 32.1. The van der Waals surface area contributed by atoms with Crippen LogP contribution in [0.2, 0.25) is 0 Å². The highest BCUT2D eigenvalue weighted by Crippen LogP contribution is 2.29. The summed E-state index contributed by atoms with van der Waals surface area (Å²) >= 11 is 0. The lowest BCUT2D eigenvalue weighted by atomic mass is 10.1. The summed E-state index contributed by atoms with van der Waals surface area (Å²) in [6.07, 6.45) is 4.50. The second-order valence-electron chi connectivity index (χ2n) is 5.65. The van der Waals surface area contributed by atoms with Gasteiger partial charge in [0.15, 0.2) is 0 Å². The van der Waals surface area contributed by atoms with Gasteiger partial charge in [-0.15, -0.1) is 0 Å². The summed E-state index contributed by atoms with van der Waals surface area (Å²) in [6.45, 7) is 0.275. The van der Waals surface area contributed by atoms with E-state index in [-0.39, 0.29) is 11.4 Å². The molecule has 1 aromatic carbocycles. The Morgan fingerprint density at radius 1 is 1.26 bits per heavy atom. The van der Waals surface area contributed by atoms with Crippen LogP contribution in [0.15, 0.2) is 46.1 Å². The zero-order valence-electron chi connectivity index (χ0n) is 12.4. The van der Waals surface area contributed by atoms with E-state index >= 15 is 0 Å². The van der Waals surface area contributed by atoms with Crippen LogP contribution in [-0.2, 0) is 34.1 Å². The highest BCUT2D eigenvalue weighted by molar-refractivity contribution is 7.89. The molecule has 3 rings (SSSR count). The Hall–Kier alpha value is -2.12. The topological polar surface area (TPSA) is 96.6 Å². The minimum absolute atomic E-state index is 0.175. The third-order valence-corrected chi connectivity index (χ3v) is 5.51. The Morgan fingerprint density at radius 2 is 2.04 bits per heavy atom. The van der Waals surface area contributed by atoms with E-state index in [2.05, 4.69) is 4.72 Å². The maximum atomic E-state index is 12.3. The summed E-state index contributed by atoms with van der Waals surface area (Å²) in [4.78, 5) is 11.2. The van der Waals surface area contributed by atoms with Crippen molar-refractivity contribution < 1.29 is 22.7 Å². The molecule has 1 aromatic heterocycles. The first-order valence-corrected chi connectivity index (χ1v) is 8.79. The van der Waals surface area contributed by atoms with Crippen LogP contribution in [0.5, 0.6) is 0 Å². The summed E-state index contributed by atoms with van der Waals surface area (Å²) in [5.41, 5.74) is 2.64. The van der Waals surface area contributed by atoms with Gasteiger partial charge in [-0.2, -0.15) is 0 Å². The average molecular weight is 335 g/mol. The standard InChI is InChI=1S/C16H17NO5S/c18-16(19)14-7-12-1-2-15(9-13(12)8-14)23(20,21)17-5-3-11-4-6-22-10-11/h1-2,4,6,9-10,14,17H,3,5,7-8H2,(H,18,19). The van der Waals surface area contributed by atoms with E-state index in [0.717, 1.165) is 16.7 Å². The molecule has 0 saturated heterocycles. The fourth-order valence-corrected chi connectivity index (χ4v) is 3.87. The number of nitrogens with one attached hydrogen (secondary N) is 1. The Labute approximate surface area is 134 Å². The van der Waals surface area contributed by atoms with Crippen LogP contribution in [-0.4, -0.2) is 26.0 Å². The second kappa shape index (κ2) is 6.17. The van der Waals surface area contributed by atoms with E-state index in [0.29, 0.717) is 19.3 Å². The molecule has 0 amide bonds. The van der Waals surface area contributed by atoms with Gasteiger partial charge in [-0.05, 0) is 54.2 Å². The molecule has 1 unspecified atom stereocenters. The molecule has 2 N–H and O–H groups in total. The van der Waals surface area contributed by atoms with Crippen molar-refractivity contribution in [1.82, 2.24) is 4.72 Å². The molecule has 1 aliphatic carbocycles. The normalized spacial score (nSPS) is 17.1. The average Bonchev–Trinajstić information content (AvgIpc) is 3.15. The van der Waals surface area contributed by atoms with Crippen molar-refractivity contribution in [2.45, 2.75) is 24.2 Å². The quantitative estimate of drug-likeness (QED) is 0.836. The van der Waals surface area contributed by atoms with Crippen molar-refractivity contribution in [2.24, 2.45) is 5.92 Å². The molecule has 2 aromatic rings. The van der Waals surface area contributed by atoms with E-state index in [4.69, 9.17) is 9.52 Å². The van der Waals surface area contributed by atoms with Crippen molar-refractivity contribution in [2.75, 3.05) is 6.54 Å². The van der Waals surface area contributed by atoms with E-state index in [1.54, 1.807) is 30.7 Å². The van der Waals surface area contributed by atoms with Crippen LogP contribution in [0, 0.1) is 5.92 Å². The molecule has 122 valence electrons. The number of aliphatic carboxylic acids is 1. The lowest BCUT2D eigenvalue weighted by Gasteiger charge is -2.08. The zero-order valence-corrected chi connectivity index (χ0v) is 13.2. The molecular formula is C16H17NO5S. The number of carbonyl (C=O) groups is 1. The predicted octanol–water partition coefficient (Wildman–Crippen LogP) is 1.60. The molecule has 1 aliphatic rings. The van der Waals surface area contributed by atoms with E-state index in [1.807, 2.05) is 0 Å². The van der Waals surface area contributed by atoms with Crippen molar-refractivity contribution in [3.8, 4) is 0 Å². The Balaban J connectivity index is 1.69. The number of rotatable bonds is 6. The van der Waals surface area contributed by atoms with Gasteiger partial charge in [0.2, 0.25) is 10.0 Å². The second-order valence-corrected chi connectivity index (χ2v) is 7.42. The van der Waals surface area contributed by atoms with Crippen LogP contribution in [0.25, 0.3) is 0 Å². The van der Waals surface area contributed by atoms with Crippen molar-refractivity contribution in [1.29, 1.82) is 0 Å². The molecule has 0 fully saturated rings. The Morgan fingerprint density at radius 3 is 2.74 bits per heavy atom. The number of furan rings is 1. The molecule has 1 atom stereocenters. The van der Waals surface area contributed by atoms with Crippen LogP contribution >= 0.6 is 0 Å². The van der Waals surface area contributed by atoms with Crippen molar-refractivity contribution in [3.05, 3.63) is 53.5 Å². The third-order valence-electron chi connectivity index (χ3n) is 4.06. The molecule has 0 saturated carbocycles. The lowest BCUT2D eigenvalue weighted by molar-refractivity contribution is -0.141. The van der Waals surface area contributed by atoms with Gasteiger partial charge in [-0.3, -0.25) is 4.79 Å². The highest BCUT2D eigenvalue weighted by Gasteiger charge is 2.28. The molecule has 0 spiro atoms. The first kappa shape index (κ1) is 15.8. The lowest BCUT2D eigenvalue weighted by Crippen LogP contribution is -2.26. The van der Waals surface area contributed by atoms with Crippen LogP contribution in [0.1, 0.15) is 16.7 Å². The fourth-order valence-electron chi connectivity index (χ4n) is 2.78. The first-order valence-electron chi connectivity index (χ1n) is 7.31. The number of carboxylic acid groups (broad SMARTS) is 1. The van der Waals surface area contributed by atoms with E-state index in [1.165, 1.54) is 6.07 Å². The number of benzene rings is 1. The zero-order chi connectivity index (χ0) is 16.4. The molecule has 1 heterocycles. The van der Waals surface area contributed by atoms with Gasteiger partial charge in [-0.25, -0.2) is 13.1 Å². The van der Waals surface area contributed by atoms with Crippen molar-refractivity contribution >= 4 is 16.0 Å². The van der Waals surface area contributed by atoms with Crippen molar-refractivity contribution in [3.63, 3.8) is 0 Å². The SMILES string of the molecule is O=C(O)C1Cc2ccc(S(=O)(=O)NCCc3ccoc3)cc2C1. The van der Waals surface area contributed by atoms with Gasteiger partial charge < -0.3 is 9.52 Å². The van der Waals surface area contributed by atoms with Gasteiger partial charge >= 0.3 is 5.97 Å². The molecule has 0 radical (unpaired) electrons. The van der Waals surface area contributed by atoms with Gasteiger partial charge in [-0.1, -0.05) is 6.07 Å². The summed E-state index contributed by atoms with van der Waals surface area (Å²) in [7, 11) is -3.60. The number of sulfonamides is 1. The van der Waals surface area contributed by atoms with Crippen LogP contribution in [0.4, 0.5) is 0 Å². The summed E-state index contributed by atoms with van der Waals surface area (Å²) in [6, 6.07) is 6.61. The fraction of sp³-hybridized carbons (Fsp3) is 0.312. The van der Waals surface area contributed by atoms with Gasteiger partial charge in [0.05, 0.1) is 23.3 Å². The predicted molar refractivity (Wildman–Crippen MR) is 82.6 cm³/mol. The number of hydrogen-bond donors (Lipinski definition) is 2.